The van der Waals surface area contributed by atoms with E-state index in [0.717, 1.165) is 18.2 Å². The standard InChI is InChI=1S/C29H26FN5O5S/c30-26-27(17-1-2-17)32-15-23-28(26)35(7-8-40-23)25-6-5-19-13-31-21(12-22(19)34-25)14-33-29(36)18-3-4-20-16-39-9-10-41(37,38)24(20)11-18/h3-6,11-13,15,17H,1-2,7-10,14,16H2,(H,33,36). The molecule has 4 aromatic rings. The molecule has 3 aromatic heterocycles. The number of anilines is 2. The van der Waals surface area contributed by atoms with E-state index >= 15 is 4.39 Å². The number of carbonyl (C=O) groups excluding carboxylic acids is 1. The topological polar surface area (TPSA) is 124 Å². The van der Waals surface area contributed by atoms with Crippen molar-refractivity contribution in [1.82, 2.24) is 20.3 Å². The second kappa shape index (κ2) is 10.0. The molecule has 0 spiro atoms. The van der Waals surface area contributed by atoms with Crippen LogP contribution >= 0.6 is 0 Å². The minimum atomic E-state index is -3.53. The summed E-state index contributed by atoms with van der Waals surface area (Å²) in [6.45, 7) is 1.23. The predicted molar refractivity (Wildman–Crippen MR) is 148 cm³/mol. The van der Waals surface area contributed by atoms with Crippen molar-refractivity contribution >= 4 is 38.2 Å². The Morgan fingerprint density at radius 2 is 1.98 bits per heavy atom. The Hall–Kier alpha value is -4.16. The van der Waals surface area contributed by atoms with Crippen LogP contribution in [0.1, 0.15) is 46.1 Å². The average molecular weight is 576 g/mol. The number of amides is 1. The Balaban J connectivity index is 1.13. The minimum absolute atomic E-state index is 0.110. The van der Waals surface area contributed by atoms with Crippen LogP contribution in [0, 0.1) is 5.82 Å². The third-order valence-electron chi connectivity index (χ3n) is 7.53. The van der Waals surface area contributed by atoms with Crippen LogP contribution in [0.4, 0.5) is 15.9 Å². The molecule has 0 atom stereocenters. The molecule has 7 rings (SSSR count). The maximum Gasteiger partial charge on any atom is 0.251 e. The van der Waals surface area contributed by atoms with Crippen LogP contribution in [-0.4, -0.2) is 54.8 Å². The third-order valence-corrected chi connectivity index (χ3v) is 9.29. The molecule has 1 aromatic carbocycles. The molecule has 0 saturated heterocycles. The van der Waals surface area contributed by atoms with Gasteiger partial charge in [0.1, 0.15) is 18.1 Å². The second-order valence-corrected chi connectivity index (χ2v) is 12.4. The lowest BCUT2D eigenvalue weighted by Crippen LogP contribution is -2.30. The van der Waals surface area contributed by atoms with Crippen molar-refractivity contribution in [1.29, 1.82) is 0 Å². The van der Waals surface area contributed by atoms with Crippen molar-refractivity contribution < 1.29 is 27.1 Å². The van der Waals surface area contributed by atoms with Gasteiger partial charge in [-0.25, -0.2) is 17.8 Å². The zero-order chi connectivity index (χ0) is 28.1. The fourth-order valence-corrected chi connectivity index (χ4v) is 6.58. The van der Waals surface area contributed by atoms with Gasteiger partial charge in [-0.1, -0.05) is 6.07 Å². The molecule has 10 nitrogen and oxygen atoms in total. The van der Waals surface area contributed by atoms with E-state index in [2.05, 4.69) is 15.3 Å². The molecule has 1 aliphatic carbocycles. The lowest BCUT2D eigenvalue weighted by Gasteiger charge is -2.31. The highest BCUT2D eigenvalue weighted by Gasteiger charge is 2.34. The largest absolute Gasteiger partial charge is 0.488 e. The van der Waals surface area contributed by atoms with E-state index in [9.17, 15) is 13.2 Å². The quantitative estimate of drug-likeness (QED) is 0.378. The van der Waals surface area contributed by atoms with Crippen LogP contribution in [0.2, 0.25) is 0 Å². The fourth-order valence-electron chi connectivity index (χ4n) is 5.19. The number of hydrogen-bond donors (Lipinski definition) is 1. The van der Waals surface area contributed by atoms with Gasteiger partial charge >= 0.3 is 0 Å². The highest BCUT2D eigenvalue weighted by atomic mass is 32.2. The molecule has 0 unspecified atom stereocenters. The highest BCUT2D eigenvalue weighted by molar-refractivity contribution is 7.91. The summed E-state index contributed by atoms with van der Waals surface area (Å²) >= 11 is 0. The van der Waals surface area contributed by atoms with E-state index in [4.69, 9.17) is 14.5 Å². The average Bonchev–Trinajstić information content (AvgIpc) is 3.84. The van der Waals surface area contributed by atoms with E-state index in [0.29, 0.717) is 52.9 Å². The van der Waals surface area contributed by atoms with Gasteiger partial charge in [0.15, 0.2) is 21.4 Å². The molecule has 1 amide bonds. The van der Waals surface area contributed by atoms with Gasteiger partial charge in [0, 0.05) is 23.1 Å². The Labute approximate surface area is 235 Å². The van der Waals surface area contributed by atoms with Crippen molar-refractivity contribution in [2.24, 2.45) is 0 Å². The van der Waals surface area contributed by atoms with Crippen LogP contribution in [0.3, 0.4) is 0 Å². The van der Waals surface area contributed by atoms with Gasteiger partial charge in [-0.05, 0) is 48.7 Å². The molecule has 41 heavy (non-hydrogen) atoms. The van der Waals surface area contributed by atoms with E-state index in [1.165, 1.54) is 6.07 Å². The number of fused-ring (bicyclic) bond motifs is 3. The minimum Gasteiger partial charge on any atom is -0.488 e. The number of pyridine rings is 3. The van der Waals surface area contributed by atoms with E-state index < -0.39 is 15.7 Å². The van der Waals surface area contributed by atoms with Gasteiger partial charge in [-0.2, -0.15) is 0 Å². The SMILES string of the molecule is O=C(NCc1cc2nc(N3CCOc4cnc(C5CC5)c(F)c43)ccc2cn1)c1ccc2c(c1)S(=O)(=O)CCOC2. The Morgan fingerprint density at radius 3 is 2.83 bits per heavy atom. The number of carbonyl (C=O) groups is 1. The number of benzene rings is 1. The van der Waals surface area contributed by atoms with Crippen LogP contribution in [0.15, 0.2) is 53.7 Å². The van der Waals surface area contributed by atoms with Crippen LogP contribution in [0.5, 0.6) is 5.75 Å². The van der Waals surface area contributed by atoms with Gasteiger partial charge in [0.2, 0.25) is 0 Å². The highest BCUT2D eigenvalue weighted by Crippen LogP contribution is 2.46. The van der Waals surface area contributed by atoms with Crippen molar-refractivity contribution in [3.63, 3.8) is 0 Å². The van der Waals surface area contributed by atoms with Gasteiger partial charge in [-0.15, -0.1) is 0 Å². The number of aromatic nitrogens is 3. The maximum absolute atomic E-state index is 15.5. The Kier molecular flexibility index (Phi) is 6.31. The van der Waals surface area contributed by atoms with E-state index in [-0.39, 0.29) is 47.7 Å². The molecular weight excluding hydrogens is 549 g/mol. The van der Waals surface area contributed by atoms with Gasteiger partial charge in [0.25, 0.3) is 5.91 Å². The number of rotatable bonds is 5. The molecule has 210 valence electrons. The lowest BCUT2D eigenvalue weighted by atomic mass is 10.1. The van der Waals surface area contributed by atoms with E-state index in [1.54, 1.807) is 30.6 Å². The Bertz CT molecular complexity index is 1810. The van der Waals surface area contributed by atoms with E-state index in [1.807, 2.05) is 17.0 Å². The molecule has 5 heterocycles. The number of hydrogen-bond acceptors (Lipinski definition) is 9. The number of nitrogens with zero attached hydrogens (tertiary/aromatic N) is 4. The fraction of sp³-hybridized carbons (Fsp3) is 0.310. The van der Waals surface area contributed by atoms with Gasteiger partial charge in [0.05, 0.1) is 60.1 Å². The first-order valence-electron chi connectivity index (χ1n) is 13.4. The summed E-state index contributed by atoms with van der Waals surface area (Å²) in [7, 11) is -3.53. The second-order valence-electron chi connectivity index (χ2n) is 10.4. The zero-order valence-corrected chi connectivity index (χ0v) is 22.8. The van der Waals surface area contributed by atoms with Crippen molar-refractivity contribution in [2.45, 2.75) is 36.8 Å². The molecule has 2 aliphatic heterocycles. The summed E-state index contributed by atoms with van der Waals surface area (Å²) in [5, 5.41) is 3.61. The first-order valence-corrected chi connectivity index (χ1v) is 15.1. The molecule has 0 bridgehead atoms. The smallest absolute Gasteiger partial charge is 0.251 e. The van der Waals surface area contributed by atoms with Crippen molar-refractivity contribution in [3.05, 3.63) is 77.1 Å². The Morgan fingerprint density at radius 1 is 1.10 bits per heavy atom. The normalized spacial score (nSPS) is 17.7. The number of halogens is 1. The van der Waals surface area contributed by atoms with Crippen molar-refractivity contribution in [2.75, 3.05) is 30.4 Å². The summed E-state index contributed by atoms with van der Waals surface area (Å²) in [5.41, 5.74) is 2.82. The van der Waals surface area contributed by atoms with Crippen LogP contribution in [-0.2, 0) is 27.7 Å². The summed E-state index contributed by atoms with van der Waals surface area (Å²) in [6, 6.07) is 10.1. The van der Waals surface area contributed by atoms with Crippen LogP contribution in [0.25, 0.3) is 10.9 Å². The lowest BCUT2D eigenvalue weighted by molar-refractivity contribution is 0.0950. The molecule has 0 radical (unpaired) electrons. The van der Waals surface area contributed by atoms with Crippen molar-refractivity contribution in [3.8, 4) is 5.75 Å². The number of sulfone groups is 1. The summed E-state index contributed by atoms with van der Waals surface area (Å²) < 4.78 is 51.8. The number of ether oxygens (including phenoxy) is 2. The predicted octanol–water partition coefficient (Wildman–Crippen LogP) is 3.81. The summed E-state index contributed by atoms with van der Waals surface area (Å²) in [6.07, 6.45) is 5.14. The summed E-state index contributed by atoms with van der Waals surface area (Å²) in [4.78, 5) is 28.4. The molecule has 1 fully saturated rings. The molecule has 3 aliphatic rings. The molecule has 1 saturated carbocycles. The summed E-state index contributed by atoms with van der Waals surface area (Å²) in [5.74, 6) is 0.228. The number of nitrogens with one attached hydrogen (secondary N) is 1. The zero-order valence-electron chi connectivity index (χ0n) is 22.0. The van der Waals surface area contributed by atoms with Crippen LogP contribution < -0.4 is 15.0 Å². The third kappa shape index (κ3) is 4.87. The molecule has 12 heteroatoms. The molecule has 1 N–H and O–H groups in total. The monoisotopic (exact) mass is 575 g/mol. The molecular formula is C29H26FN5O5S. The first-order chi connectivity index (χ1) is 19.9. The maximum atomic E-state index is 15.5. The van der Waals surface area contributed by atoms with Gasteiger partial charge in [-0.3, -0.25) is 14.8 Å². The van der Waals surface area contributed by atoms with Gasteiger partial charge < -0.3 is 19.7 Å². The first kappa shape index (κ1) is 25.8.